The molecule has 2 aromatic carbocycles. The second kappa shape index (κ2) is 7.98. The van der Waals surface area contributed by atoms with Crippen molar-refractivity contribution in [2.45, 2.75) is 56.7 Å². The summed E-state index contributed by atoms with van der Waals surface area (Å²) in [6.07, 6.45) is -4.22. The van der Waals surface area contributed by atoms with E-state index in [1.807, 2.05) is 12.1 Å². The SMILES string of the molecule is Cc1noc(=O)c2ccc(NC(=O)C(O)(CC3(C)CCCc4ccccc43)C(F)(F)F)cc12. The Morgan fingerprint density at radius 2 is 1.94 bits per heavy atom. The number of anilines is 1. The van der Waals surface area contributed by atoms with Gasteiger partial charge in [-0.3, -0.25) is 4.79 Å². The molecule has 0 fully saturated rings. The first-order valence-electron chi connectivity index (χ1n) is 10.5. The molecule has 0 saturated carbocycles. The Hall–Kier alpha value is -3.20. The number of aryl methyl sites for hydroxylation is 2. The normalized spacial score (nSPS) is 20.2. The molecule has 6 nitrogen and oxygen atoms in total. The van der Waals surface area contributed by atoms with E-state index in [2.05, 4.69) is 15.0 Å². The summed E-state index contributed by atoms with van der Waals surface area (Å²) in [6, 6.07) is 11.1. The number of alkyl halides is 3. The van der Waals surface area contributed by atoms with Crippen LogP contribution >= 0.6 is 0 Å². The highest BCUT2D eigenvalue weighted by Gasteiger charge is 2.62. The summed E-state index contributed by atoms with van der Waals surface area (Å²) in [6.45, 7) is 3.21. The van der Waals surface area contributed by atoms with Gasteiger partial charge in [-0.1, -0.05) is 36.3 Å². The van der Waals surface area contributed by atoms with Gasteiger partial charge in [-0.05, 0) is 60.9 Å². The minimum Gasteiger partial charge on any atom is -0.373 e. The molecule has 2 N–H and O–H groups in total. The molecular weight excluding hydrogens is 437 g/mol. The number of fused-ring (bicyclic) bond motifs is 2. The number of hydrogen-bond acceptors (Lipinski definition) is 5. The topological polar surface area (TPSA) is 92.4 Å². The number of carbonyl (C=O) groups excluding carboxylic acids is 1. The van der Waals surface area contributed by atoms with Crippen LogP contribution in [0.25, 0.3) is 10.8 Å². The van der Waals surface area contributed by atoms with Crippen molar-refractivity contribution < 1.29 is 27.6 Å². The van der Waals surface area contributed by atoms with Gasteiger partial charge in [-0.15, -0.1) is 0 Å². The summed E-state index contributed by atoms with van der Waals surface area (Å²) in [5, 5.41) is 17.1. The van der Waals surface area contributed by atoms with Crippen LogP contribution in [0.5, 0.6) is 0 Å². The van der Waals surface area contributed by atoms with E-state index in [1.165, 1.54) is 18.2 Å². The van der Waals surface area contributed by atoms with Crippen molar-refractivity contribution in [2.24, 2.45) is 0 Å². The minimum atomic E-state index is -5.21. The van der Waals surface area contributed by atoms with E-state index in [9.17, 15) is 27.9 Å². The Morgan fingerprint density at radius 3 is 2.67 bits per heavy atom. The van der Waals surface area contributed by atoms with Crippen molar-refractivity contribution in [2.75, 3.05) is 5.32 Å². The summed E-state index contributed by atoms with van der Waals surface area (Å²) in [4.78, 5) is 24.7. The van der Waals surface area contributed by atoms with Gasteiger partial charge in [0.15, 0.2) is 0 Å². The second-order valence-corrected chi connectivity index (χ2v) is 8.88. The molecule has 0 aliphatic heterocycles. The maximum Gasteiger partial charge on any atom is 0.426 e. The van der Waals surface area contributed by atoms with Crippen molar-refractivity contribution in [1.29, 1.82) is 0 Å². The number of benzene rings is 2. The minimum absolute atomic E-state index is 0.000118. The average molecular weight is 460 g/mol. The Labute approximate surface area is 187 Å². The standard InChI is InChI=1S/C24H23F3N2O4/c1-14-18-12-16(9-10-17(18)20(30)33-29-14)28-21(31)23(32,24(25,26)27)13-22(2)11-5-7-15-6-3-4-8-19(15)22/h3-4,6,8-10,12,32H,5,7,11,13H2,1-2H3,(H,28,31). The molecular formula is C24H23F3N2O4. The van der Waals surface area contributed by atoms with Gasteiger partial charge in [0.05, 0.1) is 11.1 Å². The van der Waals surface area contributed by atoms with Gasteiger partial charge in [-0.2, -0.15) is 13.2 Å². The second-order valence-electron chi connectivity index (χ2n) is 8.88. The molecule has 1 aromatic heterocycles. The van der Waals surface area contributed by atoms with Crippen LogP contribution in [0.1, 0.15) is 43.0 Å². The lowest BCUT2D eigenvalue weighted by Crippen LogP contribution is -2.58. The molecule has 0 bridgehead atoms. The Balaban J connectivity index is 1.70. The van der Waals surface area contributed by atoms with Gasteiger partial charge >= 0.3 is 11.8 Å². The lowest BCUT2D eigenvalue weighted by atomic mass is 9.65. The fourth-order valence-corrected chi connectivity index (χ4v) is 4.73. The van der Waals surface area contributed by atoms with Gasteiger partial charge in [-0.25, -0.2) is 4.79 Å². The summed E-state index contributed by atoms with van der Waals surface area (Å²) in [5.41, 5.74) is -3.40. The van der Waals surface area contributed by atoms with E-state index in [0.717, 1.165) is 12.0 Å². The number of rotatable bonds is 4. The van der Waals surface area contributed by atoms with E-state index >= 15 is 0 Å². The van der Waals surface area contributed by atoms with Crippen LogP contribution in [-0.2, 0) is 16.6 Å². The van der Waals surface area contributed by atoms with Crippen molar-refractivity contribution in [1.82, 2.24) is 5.16 Å². The molecule has 3 aromatic rings. The van der Waals surface area contributed by atoms with E-state index in [-0.39, 0.29) is 11.1 Å². The maximum atomic E-state index is 14.2. The van der Waals surface area contributed by atoms with Crippen LogP contribution in [0.2, 0.25) is 0 Å². The van der Waals surface area contributed by atoms with Gasteiger partial charge in [0.25, 0.3) is 5.91 Å². The summed E-state index contributed by atoms with van der Waals surface area (Å²) < 4.78 is 47.1. The molecule has 0 saturated heterocycles. The molecule has 33 heavy (non-hydrogen) atoms. The van der Waals surface area contributed by atoms with Crippen LogP contribution < -0.4 is 10.9 Å². The number of carbonyl (C=O) groups is 1. The smallest absolute Gasteiger partial charge is 0.373 e. The number of halogens is 3. The van der Waals surface area contributed by atoms with Gasteiger partial charge in [0.1, 0.15) is 0 Å². The van der Waals surface area contributed by atoms with Crippen molar-refractivity contribution in [3.63, 3.8) is 0 Å². The molecule has 2 unspecified atom stereocenters. The molecule has 1 amide bonds. The van der Waals surface area contributed by atoms with Crippen LogP contribution in [0.3, 0.4) is 0 Å². The third-order valence-corrected chi connectivity index (χ3v) is 6.49. The molecule has 9 heteroatoms. The number of nitrogens with zero attached hydrogens (tertiary/aromatic N) is 1. The summed E-state index contributed by atoms with van der Waals surface area (Å²) in [5.74, 6) is -1.58. The van der Waals surface area contributed by atoms with Gasteiger partial charge < -0.3 is 14.9 Å². The van der Waals surface area contributed by atoms with Crippen LogP contribution in [0.15, 0.2) is 51.8 Å². The van der Waals surface area contributed by atoms with Gasteiger partial charge in [0.2, 0.25) is 5.60 Å². The fraction of sp³-hybridized carbons (Fsp3) is 0.375. The molecule has 1 aliphatic carbocycles. The number of amides is 1. The van der Waals surface area contributed by atoms with Crippen LogP contribution in [0.4, 0.5) is 18.9 Å². The van der Waals surface area contributed by atoms with E-state index in [1.54, 1.807) is 26.0 Å². The monoisotopic (exact) mass is 460 g/mol. The Kier molecular flexibility index (Phi) is 5.56. The first-order chi connectivity index (χ1) is 15.4. The first-order valence-corrected chi connectivity index (χ1v) is 10.5. The predicted molar refractivity (Wildman–Crippen MR) is 116 cm³/mol. The van der Waals surface area contributed by atoms with E-state index in [0.29, 0.717) is 29.5 Å². The van der Waals surface area contributed by atoms with E-state index in [4.69, 9.17) is 0 Å². The highest BCUT2D eigenvalue weighted by atomic mass is 19.4. The number of nitrogens with one attached hydrogen (secondary N) is 1. The molecule has 1 aliphatic rings. The zero-order valence-corrected chi connectivity index (χ0v) is 18.1. The highest BCUT2D eigenvalue weighted by molar-refractivity contribution is 5.99. The molecule has 4 rings (SSSR count). The maximum absolute atomic E-state index is 14.2. The largest absolute Gasteiger partial charge is 0.426 e. The lowest BCUT2D eigenvalue weighted by molar-refractivity contribution is -0.255. The van der Waals surface area contributed by atoms with Crippen molar-refractivity contribution in [3.05, 3.63) is 69.7 Å². The molecule has 174 valence electrons. The highest BCUT2D eigenvalue weighted by Crippen LogP contribution is 2.47. The van der Waals surface area contributed by atoms with Crippen LogP contribution in [0, 0.1) is 6.92 Å². The van der Waals surface area contributed by atoms with E-state index < -0.39 is 35.1 Å². The molecule has 0 spiro atoms. The predicted octanol–water partition coefficient (Wildman–Crippen LogP) is 4.41. The Bertz CT molecular complexity index is 1290. The van der Waals surface area contributed by atoms with Crippen molar-refractivity contribution >= 4 is 22.4 Å². The third kappa shape index (κ3) is 4.01. The first kappa shape index (κ1) is 23.0. The zero-order valence-electron chi connectivity index (χ0n) is 18.1. The summed E-state index contributed by atoms with van der Waals surface area (Å²) in [7, 11) is 0. The summed E-state index contributed by atoms with van der Waals surface area (Å²) >= 11 is 0. The third-order valence-electron chi connectivity index (χ3n) is 6.49. The molecule has 1 heterocycles. The van der Waals surface area contributed by atoms with Crippen molar-refractivity contribution in [3.8, 4) is 0 Å². The number of hydrogen-bond donors (Lipinski definition) is 2. The fourth-order valence-electron chi connectivity index (χ4n) is 4.73. The van der Waals surface area contributed by atoms with Gasteiger partial charge in [0, 0.05) is 17.5 Å². The zero-order chi connectivity index (χ0) is 24.0. The average Bonchev–Trinajstić information content (AvgIpc) is 2.76. The molecule has 0 radical (unpaired) electrons. The molecule has 2 atom stereocenters. The quantitative estimate of drug-likeness (QED) is 0.602. The Morgan fingerprint density at radius 1 is 1.21 bits per heavy atom. The number of aliphatic hydroxyl groups is 1. The lowest BCUT2D eigenvalue weighted by Gasteiger charge is -2.42. The van der Waals surface area contributed by atoms with Crippen LogP contribution in [-0.4, -0.2) is 27.9 Å². The number of aromatic nitrogens is 1.